The lowest BCUT2D eigenvalue weighted by atomic mass is 10.1. The zero-order valence-corrected chi connectivity index (χ0v) is 12.5. The highest BCUT2D eigenvalue weighted by molar-refractivity contribution is 5.33. The molecule has 0 unspecified atom stereocenters. The van der Waals surface area contributed by atoms with Crippen LogP contribution in [0.1, 0.15) is 24.2 Å². The van der Waals surface area contributed by atoms with E-state index in [-0.39, 0.29) is 0 Å². The summed E-state index contributed by atoms with van der Waals surface area (Å²) in [6, 6.07) is 8.46. The van der Waals surface area contributed by atoms with Crippen LogP contribution in [-0.4, -0.2) is 35.2 Å². The number of para-hydroxylation sites is 1. The Balaban J connectivity index is 1.98. The fourth-order valence-electron chi connectivity index (χ4n) is 2.13. The summed E-state index contributed by atoms with van der Waals surface area (Å²) >= 11 is 0. The lowest BCUT2D eigenvalue weighted by molar-refractivity contribution is 0.236. The van der Waals surface area contributed by atoms with Gasteiger partial charge in [0, 0.05) is 13.0 Å². The molecule has 0 aliphatic heterocycles. The van der Waals surface area contributed by atoms with Crippen molar-refractivity contribution in [2.24, 2.45) is 0 Å². The van der Waals surface area contributed by atoms with Gasteiger partial charge in [0.05, 0.1) is 13.7 Å². The highest BCUT2D eigenvalue weighted by Gasteiger charge is 2.15. The Morgan fingerprint density at radius 2 is 2.10 bits per heavy atom. The number of methoxy groups -OCH3 is 1. The van der Waals surface area contributed by atoms with E-state index in [1.807, 2.05) is 18.2 Å². The number of likely N-dealkylation sites (N-methyl/N-ethyl adjacent to an activating group) is 1. The number of aromatic nitrogens is 2. The number of hydrogen-bond acceptors (Lipinski definition) is 5. The Bertz CT molecular complexity index is 554. The number of aryl methyl sites for hydroxylation is 1. The molecule has 5 nitrogen and oxygen atoms in total. The topological polar surface area (TPSA) is 51.4 Å². The average molecular weight is 275 g/mol. The number of ether oxygens (including phenoxy) is 1. The molecule has 0 aliphatic carbocycles. The van der Waals surface area contributed by atoms with E-state index >= 15 is 0 Å². The maximum atomic E-state index is 5.39. The van der Waals surface area contributed by atoms with Gasteiger partial charge in [-0.05, 0) is 32.0 Å². The van der Waals surface area contributed by atoms with Gasteiger partial charge in [-0.15, -0.1) is 0 Å². The molecule has 0 radical (unpaired) electrons. The molecule has 1 heterocycles. The van der Waals surface area contributed by atoms with Gasteiger partial charge in [-0.3, -0.25) is 4.90 Å². The van der Waals surface area contributed by atoms with Crippen molar-refractivity contribution >= 4 is 0 Å². The van der Waals surface area contributed by atoms with Crippen LogP contribution in [0.3, 0.4) is 0 Å². The van der Waals surface area contributed by atoms with Gasteiger partial charge in [0.15, 0.2) is 5.82 Å². The molecule has 0 fully saturated rings. The molecule has 0 saturated heterocycles. The van der Waals surface area contributed by atoms with Crippen molar-refractivity contribution in [2.45, 2.75) is 32.9 Å². The molecule has 0 spiro atoms. The predicted octanol–water partition coefficient (Wildman–Crippen LogP) is 2.45. The molecule has 1 atom stereocenters. The molecule has 2 aromatic rings. The van der Waals surface area contributed by atoms with Gasteiger partial charge in [0.25, 0.3) is 0 Å². The van der Waals surface area contributed by atoms with E-state index in [4.69, 9.17) is 9.26 Å². The summed E-state index contributed by atoms with van der Waals surface area (Å²) in [6.07, 6.45) is 0.914. The maximum Gasteiger partial charge on any atom is 0.223 e. The molecule has 108 valence electrons. The largest absolute Gasteiger partial charge is 0.496 e. The third-order valence-corrected chi connectivity index (χ3v) is 3.42. The molecule has 0 N–H and O–H groups in total. The van der Waals surface area contributed by atoms with E-state index in [1.165, 1.54) is 5.56 Å². The summed E-state index contributed by atoms with van der Waals surface area (Å²) in [7, 11) is 3.76. The summed E-state index contributed by atoms with van der Waals surface area (Å²) in [5.74, 6) is 2.26. The molecular weight excluding hydrogens is 254 g/mol. The molecular formula is C15H21N3O2. The molecule has 0 amide bonds. The van der Waals surface area contributed by atoms with Crippen molar-refractivity contribution in [3.05, 3.63) is 41.5 Å². The fraction of sp³-hybridized carbons (Fsp3) is 0.467. The molecule has 5 heteroatoms. The molecule has 0 saturated carbocycles. The number of hydrogen-bond donors (Lipinski definition) is 0. The Hall–Kier alpha value is -1.88. The number of rotatable bonds is 6. The van der Waals surface area contributed by atoms with E-state index in [0.717, 1.165) is 18.0 Å². The zero-order chi connectivity index (χ0) is 14.5. The second kappa shape index (κ2) is 6.52. The number of benzene rings is 1. The van der Waals surface area contributed by atoms with Crippen LogP contribution < -0.4 is 4.74 Å². The highest BCUT2D eigenvalue weighted by atomic mass is 16.5. The minimum Gasteiger partial charge on any atom is -0.496 e. The third kappa shape index (κ3) is 3.57. The molecule has 0 bridgehead atoms. The van der Waals surface area contributed by atoms with Crippen molar-refractivity contribution < 1.29 is 9.26 Å². The summed E-state index contributed by atoms with van der Waals surface area (Å²) in [4.78, 5) is 6.43. The molecule has 0 aliphatic rings. The molecule has 1 aromatic heterocycles. The van der Waals surface area contributed by atoms with Crippen LogP contribution >= 0.6 is 0 Å². The first kappa shape index (κ1) is 14.5. The van der Waals surface area contributed by atoms with Crippen molar-refractivity contribution in [1.82, 2.24) is 15.0 Å². The maximum absolute atomic E-state index is 5.39. The fourth-order valence-corrected chi connectivity index (χ4v) is 2.13. The van der Waals surface area contributed by atoms with Gasteiger partial charge in [-0.1, -0.05) is 23.4 Å². The van der Waals surface area contributed by atoms with Crippen molar-refractivity contribution in [3.8, 4) is 5.75 Å². The van der Waals surface area contributed by atoms with E-state index in [1.54, 1.807) is 14.0 Å². The van der Waals surface area contributed by atoms with Crippen LogP contribution in [0.25, 0.3) is 0 Å². The summed E-state index contributed by atoms with van der Waals surface area (Å²) in [5.41, 5.74) is 1.21. The van der Waals surface area contributed by atoms with E-state index in [0.29, 0.717) is 18.5 Å². The molecule has 2 rings (SSSR count). The Labute approximate surface area is 119 Å². The van der Waals surface area contributed by atoms with Crippen molar-refractivity contribution in [3.63, 3.8) is 0 Å². The van der Waals surface area contributed by atoms with Gasteiger partial charge < -0.3 is 9.26 Å². The number of nitrogens with zero attached hydrogens (tertiary/aromatic N) is 3. The van der Waals surface area contributed by atoms with Crippen molar-refractivity contribution in [2.75, 3.05) is 14.2 Å². The second-order valence-electron chi connectivity index (χ2n) is 5.01. The molecule has 20 heavy (non-hydrogen) atoms. The van der Waals surface area contributed by atoms with Gasteiger partial charge in [-0.25, -0.2) is 0 Å². The van der Waals surface area contributed by atoms with Gasteiger partial charge >= 0.3 is 0 Å². The highest BCUT2D eigenvalue weighted by Crippen LogP contribution is 2.20. The van der Waals surface area contributed by atoms with Crippen LogP contribution in [0.15, 0.2) is 28.8 Å². The predicted molar refractivity (Wildman–Crippen MR) is 76.7 cm³/mol. The van der Waals surface area contributed by atoms with Crippen LogP contribution in [0, 0.1) is 6.92 Å². The zero-order valence-electron chi connectivity index (χ0n) is 12.5. The smallest absolute Gasteiger partial charge is 0.223 e. The standard InChI is InChI=1S/C15H21N3O2/c1-11(9-13-7-5-6-8-14(13)19-4)18(3)10-15-16-12(2)20-17-15/h5-8,11H,9-10H2,1-4H3/t11-/m0/s1. The van der Waals surface area contributed by atoms with Crippen LogP contribution in [0.5, 0.6) is 5.75 Å². The van der Waals surface area contributed by atoms with Crippen LogP contribution in [0.4, 0.5) is 0 Å². The average Bonchev–Trinajstić information content (AvgIpc) is 2.84. The molecule has 1 aromatic carbocycles. The first-order valence-corrected chi connectivity index (χ1v) is 6.71. The lowest BCUT2D eigenvalue weighted by Gasteiger charge is -2.24. The Kier molecular flexibility index (Phi) is 4.74. The summed E-state index contributed by atoms with van der Waals surface area (Å²) < 4.78 is 10.4. The summed E-state index contributed by atoms with van der Waals surface area (Å²) in [5, 5.41) is 3.93. The Morgan fingerprint density at radius 3 is 2.75 bits per heavy atom. The quantitative estimate of drug-likeness (QED) is 0.810. The normalized spacial score (nSPS) is 12.7. The van der Waals surface area contributed by atoms with E-state index in [2.05, 4.69) is 35.1 Å². The monoisotopic (exact) mass is 275 g/mol. The van der Waals surface area contributed by atoms with E-state index in [9.17, 15) is 0 Å². The minimum atomic E-state index is 0.352. The van der Waals surface area contributed by atoms with E-state index < -0.39 is 0 Å². The van der Waals surface area contributed by atoms with Crippen LogP contribution in [0.2, 0.25) is 0 Å². The first-order chi connectivity index (χ1) is 9.60. The third-order valence-electron chi connectivity index (χ3n) is 3.42. The SMILES string of the molecule is COc1ccccc1C[C@H](C)N(C)Cc1noc(C)n1. The van der Waals surface area contributed by atoms with Crippen molar-refractivity contribution in [1.29, 1.82) is 0 Å². The van der Waals surface area contributed by atoms with Gasteiger partial charge in [0.1, 0.15) is 5.75 Å². The Morgan fingerprint density at radius 1 is 1.35 bits per heavy atom. The summed E-state index contributed by atoms with van der Waals surface area (Å²) in [6.45, 7) is 4.65. The second-order valence-corrected chi connectivity index (χ2v) is 5.01. The van der Waals surface area contributed by atoms with Crippen LogP contribution in [-0.2, 0) is 13.0 Å². The minimum absolute atomic E-state index is 0.352. The van der Waals surface area contributed by atoms with Gasteiger partial charge in [-0.2, -0.15) is 4.98 Å². The lowest BCUT2D eigenvalue weighted by Crippen LogP contribution is -2.30. The first-order valence-electron chi connectivity index (χ1n) is 6.71. The van der Waals surface area contributed by atoms with Gasteiger partial charge in [0.2, 0.25) is 5.89 Å².